The predicted molar refractivity (Wildman–Crippen MR) is 98.3 cm³/mol. The number of carbonyl (C=O) groups excluding carboxylic acids is 1. The minimum atomic E-state index is -3.99. The lowest BCUT2D eigenvalue weighted by molar-refractivity contribution is 0.0981. The van der Waals surface area contributed by atoms with Crippen LogP contribution in [0.5, 0.6) is 0 Å². The van der Waals surface area contributed by atoms with Gasteiger partial charge in [-0.15, -0.1) is 0 Å². The van der Waals surface area contributed by atoms with E-state index in [-0.39, 0.29) is 20.8 Å². The van der Waals surface area contributed by atoms with Crippen LogP contribution < -0.4 is 9.91 Å². The molecule has 0 bridgehead atoms. The predicted octanol–water partition coefficient (Wildman–Crippen LogP) is 3.05. The van der Waals surface area contributed by atoms with Gasteiger partial charge in [-0.05, 0) is 23.4 Å². The second kappa shape index (κ2) is 6.83. The summed E-state index contributed by atoms with van der Waals surface area (Å²) >= 11 is 12.1. The fraction of sp³-hybridized carbons (Fsp3) is 0.200. The molecular formula is C15H16Cl2N2O3SSi. The number of rotatable bonds is 4. The number of pyridine rings is 1. The maximum atomic E-state index is 12.4. The number of benzene rings is 1. The molecule has 2 aromatic rings. The minimum Gasteiger partial charge on any atom is -0.268 e. The molecule has 1 N–H and O–H groups in total. The zero-order valence-electron chi connectivity index (χ0n) is 13.3. The van der Waals surface area contributed by atoms with Crippen LogP contribution in [-0.4, -0.2) is 27.4 Å². The molecule has 5 nitrogen and oxygen atoms in total. The van der Waals surface area contributed by atoms with Crippen molar-refractivity contribution in [2.75, 3.05) is 0 Å². The number of nitrogens with zero attached hydrogens (tertiary/aromatic N) is 1. The van der Waals surface area contributed by atoms with Gasteiger partial charge in [0.15, 0.2) is 0 Å². The Morgan fingerprint density at radius 1 is 1.08 bits per heavy atom. The first-order chi connectivity index (χ1) is 11.0. The molecule has 0 radical (unpaired) electrons. The van der Waals surface area contributed by atoms with Crippen molar-refractivity contribution in [3.8, 4) is 0 Å². The van der Waals surface area contributed by atoms with Gasteiger partial charge in [-0.25, -0.2) is 18.1 Å². The Morgan fingerprint density at radius 2 is 1.67 bits per heavy atom. The van der Waals surface area contributed by atoms with Gasteiger partial charge < -0.3 is 0 Å². The molecule has 1 amide bonds. The van der Waals surface area contributed by atoms with E-state index in [4.69, 9.17) is 23.2 Å². The van der Waals surface area contributed by atoms with Crippen molar-refractivity contribution in [2.24, 2.45) is 0 Å². The fourth-order valence-corrected chi connectivity index (χ4v) is 5.49. The summed E-state index contributed by atoms with van der Waals surface area (Å²) in [7, 11) is -5.87. The minimum absolute atomic E-state index is 0.0122. The maximum absolute atomic E-state index is 12.4. The molecule has 0 unspecified atom stereocenters. The molecule has 0 aliphatic carbocycles. The third kappa shape index (κ3) is 4.16. The summed E-state index contributed by atoms with van der Waals surface area (Å²) < 4.78 is 26.5. The number of carbonyl (C=O) groups is 1. The van der Waals surface area contributed by atoms with Gasteiger partial charge in [-0.1, -0.05) is 61.0 Å². The first kappa shape index (κ1) is 18.9. The van der Waals surface area contributed by atoms with Crippen molar-refractivity contribution in [3.63, 3.8) is 0 Å². The highest BCUT2D eigenvalue weighted by molar-refractivity contribution is 7.90. The van der Waals surface area contributed by atoms with E-state index < -0.39 is 24.0 Å². The Hall–Kier alpha value is -1.41. The van der Waals surface area contributed by atoms with E-state index >= 15 is 0 Å². The molecule has 0 spiro atoms. The molecule has 24 heavy (non-hydrogen) atoms. The van der Waals surface area contributed by atoms with Gasteiger partial charge in [0.05, 0.1) is 18.5 Å². The third-order valence-corrected chi connectivity index (χ3v) is 7.34. The number of sulfonamides is 1. The topological polar surface area (TPSA) is 76.1 Å². The highest BCUT2D eigenvalue weighted by Gasteiger charge is 2.26. The lowest BCUT2D eigenvalue weighted by Gasteiger charge is -2.19. The van der Waals surface area contributed by atoms with Crippen LogP contribution in [0.15, 0.2) is 41.3 Å². The molecule has 0 aliphatic heterocycles. The van der Waals surface area contributed by atoms with E-state index in [1.54, 1.807) is 18.2 Å². The van der Waals surface area contributed by atoms with Crippen LogP contribution in [0, 0.1) is 0 Å². The smallest absolute Gasteiger partial charge is 0.268 e. The van der Waals surface area contributed by atoms with Crippen LogP contribution in [0.2, 0.25) is 29.9 Å². The maximum Gasteiger partial charge on any atom is 0.268 e. The quantitative estimate of drug-likeness (QED) is 0.629. The second-order valence-electron chi connectivity index (χ2n) is 6.16. The number of aromatic nitrogens is 1. The van der Waals surface area contributed by atoms with Gasteiger partial charge >= 0.3 is 0 Å². The SMILES string of the molecule is C[Si](C)(C)c1cc(C(=O)NS(=O)(=O)c2ccccc2)c(Cl)nc1Cl. The standard InChI is InChI=1S/C15H16Cl2N2O3SSi/c1-24(2,3)12-9-11(13(16)18-14(12)17)15(20)19-23(21,22)10-7-5-4-6-8-10/h4-9H,1-3H3,(H,19,20). The average Bonchev–Trinajstić information content (AvgIpc) is 2.46. The number of amides is 1. The first-order valence-corrected chi connectivity index (χ1v) is 12.7. The molecule has 9 heteroatoms. The summed E-state index contributed by atoms with van der Waals surface area (Å²) in [6.07, 6.45) is 0. The van der Waals surface area contributed by atoms with Gasteiger partial charge in [-0.2, -0.15) is 0 Å². The molecule has 1 heterocycles. The van der Waals surface area contributed by atoms with Crippen molar-refractivity contribution in [1.29, 1.82) is 0 Å². The Labute approximate surface area is 152 Å². The largest absolute Gasteiger partial charge is 0.268 e. The van der Waals surface area contributed by atoms with E-state index in [1.165, 1.54) is 18.2 Å². The van der Waals surface area contributed by atoms with Crippen LogP contribution in [0.1, 0.15) is 10.4 Å². The zero-order chi connectivity index (χ0) is 18.1. The van der Waals surface area contributed by atoms with Crippen LogP contribution in [0.3, 0.4) is 0 Å². The first-order valence-electron chi connectivity index (χ1n) is 7.01. The van der Waals surface area contributed by atoms with Crippen LogP contribution in [0.4, 0.5) is 0 Å². The van der Waals surface area contributed by atoms with Crippen molar-refractivity contribution >= 4 is 52.4 Å². The molecule has 2 rings (SSSR count). The van der Waals surface area contributed by atoms with Gasteiger partial charge in [0.25, 0.3) is 15.9 Å². The number of halogens is 2. The molecule has 0 aliphatic rings. The summed E-state index contributed by atoms with van der Waals surface area (Å²) in [5.74, 6) is -0.840. The van der Waals surface area contributed by atoms with Crippen LogP contribution >= 0.6 is 23.2 Å². The molecule has 1 aromatic carbocycles. The Balaban J connectivity index is 2.41. The van der Waals surface area contributed by atoms with Gasteiger partial charge in [0.2, 0.25) is 0 Å². The van der Waals surface area contributed by atoms with Gasteiger partial charge in [-0.3, -0.25) is 4.79 Å². The Morgan fingerprint density at radius 3 is 2.21 bits per heavy atom. The summed E-state index contributed by atoms with van der Waals surface area (Å²) in [5, 5.41) is 0.834. The lowest BCUT2D eigenvalue weighted by Crippen LogP contribution is -2.40. The second-order valence-corrected chi connectivity index (χ2v) is 13.6. The van der Waals surface area contributed by atoms with Gasteiger partial charge in [0, 0.05) is 0 Å². The molecule has 1 aromatic heterocycles. The van der Waals surface area contributed by atoms with E-state index in [9.17, 15) is 13.2 Å². The monoisotopic (exact) mass is 402 g/mol. The normalized spacial score (nSPS) is 12.0. The summed E-state index contributed by atoms with van der Waals surface area (Å²) in [6.45, 7) is 6.10. The summed E-state index contributed by atoms with van der Waals surface area (Å²) in [5.41, 5.74) is -0.0157. The highest BCUT2D eigenvalue weighted by atomic mass is 35.5. The number of hydrogen-bond donors (Lipinski definition) is 1. The molecule has 0 saturated carbocycles. The summed E-state index contributed by atoms with van der Waals surface area (Å²) in [4.78, 5) is 16.4. The van der Waals surface area contributed by atoms with Crippen molar-refractivity contribution < 1.29 is 13.2 Å². The van der Waals surface area contributed by atoms with Crippen LogP contribution in [-0.2, 0) is 10.0 Å². The molecule has 0 atom stereocenters. The fourth-order valence-electron chi connectivity index (χ4n) is 1.99. The Bertz CT molecular complexity index is 882. The van der Waals surface area contributed by atoms with E-state index in [1.807, 2.05) is 24.4 Å². The number of nitrogens with one attached hydrogen (secondary N) is 1. The van der Waals surface area contributed by atoms with Crippen molar-refractivity contribution in [2.45, 2.75) is 24.5 Å². The molecule has 0 saturated heterocycles. The molecule has 128 valence electrons. The van der Waals surface area contributed by atoms with Gasteiger partial charge in [0.1, 0.15) is 10.3 Å². The zero-order valence-corrected chi connectivity index (χ0v) is 16.6. The number of hydrogen-bond acceptors (Lipinski definition) is 4. The highest BCUT2D eigenvalue weighted by Crippen LogP contribution is 2.19. The third-order valence-electron chi connectivity index (χ3n) is 3.26. The van der Waals surface area contributed by atoms with Crippen molar-refractivity contribution in [3.05, 3.63) is 52.3 Å². The van der Waals surface area contributed by atoms with E-state index in [0.717, 1.165) is 5.19 Å². The van der Waals surface area contributed by atoms with Crippen molar-refractivity contribution in [1.82, 2.24) is 9.71 Å². The average molecular weight is 403 g/mol. The lowest BCUT2D eigenvalue weighted by atomic mass is 10.3. The molecule has 0 fully saturated rings. The van der Waals surface area contributed by atoms with Crippen LogP contribution in [0.25, 0.3) is 0 Å². The van der Waals surface area contributed by atoms with E-state index in [0.29, 0.717) is 0 Å². The summed E-state index contributed by atoms with van der Waals surface area (Å²) in [6, 6.07) is 9.13. The molecular weight excluding hydrogens is 387 g/mol. The van der Waals surface area contributed by atoms with E-state index in [2.05, 4.69) is 4.98 Å². The Kier molecular flexibility index (Phi) is 5.39.